The molecule has 3 rings (SSSR count). The van der Waals surface area contributed by atoms with Crippen molar-refractivity contribution >= 4 is 21.7 Å². The van der Waals surface area contributed by atoms with Crippen molar-refractivity contribution in [2.24, 2.45) is 5.92 Å². The first-order valence-corrected chi connectivity index (χ1v) is 10.6. The molecule has 2 amide bonds. The number of carbonyl (C=O) groups is 2. The van der Waals surface area contributed by atoms with Crippen molar-refractivity contribution in [2.45, 2.75) is 32.4 Å². The minimum absolute atomic E-state index is 0.00649. The molecule has 2 saturated heterocycles. The van der Waals surface area contributed by atoms with Crippen LogP contribution in [0.15, 0.2) is 24.3 Å². The Morgan fingerprint density at radius 2 is 2.00 bits per heavy atom. The van der Waals surface area contributed by atoms with Gasteiger partial charge in [0.2, 0.25) is 11.8 Å². The van der Waals surface area contributed by atoms with Crippen molar-refractivity contribution in [3.05, 3.63) is 35.6 Å². The highest BCUT2D eigenvalue weighted by atomic mass is 32.2. The lowest BCUT2D eigenvalue weighted by atomic mass is 10.1. The molecule has 0 aliphatic carbocycles. The molecule has 0 aromatic heterocycles. The summed E-state index contributed by atoms with van der Waals surface area (Å²) in [4.78, 5) is 28.4. The lowest BCUT2D eigenvalue weighted by Gasteiger charge is -2.29. The molecule has 1 aromatic rings. The summed E-state index contributed by atoms with van der Waals surface area (Å²) in [5.41, 5.74) is 0.807. The van der Waals surface area contributed by atoms with Crippen LogP contribution in [-0.2, 0) is 26.0 Å². The van der Waals surface area contributed by atoms with Gasteiger partial charge in [-0.25, -0.2) is 12.8 Å². The summed E-state index contributed by atoms with van der Waals surface area (Å²) < 4.78 is 36.4. The number of hydrogen-bond acceptors (Lipinski definition) is 4. The summed E-state index contributed by atoms with van der Waals surface area (Å²) in [7, 11) is -3.08. The molecular weight excluding hydrogens is 359 g/mol. The number of rotatable bonds is 5. The molecule has 2 fully saturated rings. The Bertz CT molecular complexity index is 794. The quantitative estimate of drug-likeness (QED) is 0.767. The molecule has 8 heteroatoms. The minimum Gasteiger partial charge on any atom is -0.339 e. The molecule has 0 radical (unpaired) electrons. The van der Waals surface area contributed by atoms with Gasteiger partial charge in [0, 0.05) is 32.1 Å². The maximum atomic E-state index is 13.0. The smallest absolute Gasteiger partial charge is 0.228 e. The van der Waals surface area contributed by atoms with E-state index in [0.717, 1.165) is 5.56 Å². The minimum atomic E-state index is -3.08. The van der Waals surface area contributed by atoms with Crippen molar-refractivity contribution in [1.29, 1.82) is 0 Å². The molecule has 0 saturated carbocycles. The Labute approximate surface area is 152 Å². The summed E-state index contributed by atoms with van der Waals surface area (Å²) in [5.74, 6) is -0.924. The highest BCUT2D eigenvalue weighted by molar-refractivity contribution is 7.91. The van der Waals surface area contributed by atoms with Crippen LogP contribution in [0.25, 0.3) is 0 Å². The number of amides is 2. The van der Waals surface area contributed by atoms with Crippen LogP contribution in [0.3, 0.4) is 0 Å². The SMILES string of the molecule is CCN(C(=O)C1CC(=O)N(Cc2ccc(F)cc2)C1)C1CCS(=O)(=O)C1. The fourth-order valence-electron chi connectivity index (χ4n) is 3.75. The fraction of sp³-hybridized carbons (Fsp3) is 0.556. The molecule has 142 valence electrons. The average molecular weight is 382 g/mol. The van der Waals surface area contributed by atoms with Gasteiger partial charge in [-0.05, 0) is 31.0 Å². The van der Waals surface area contributed by atoms with Crippen LogP contribution >= 0.6 is 0 Å². The van der Waals surface area contributed by atoms with E-state index in [-0.39, 0.29) is 41.6 Å². The maximum absolute atomic E-state index is 13.0. The standard InChI is InChI=1S/C18H23FN2O4S/c1-2-21(16-7-8-26(24,25)12-16)18(23)14-9-17(22)20(11-14)10-13-3-5-15(19)6-4-13/h3-6,14,16H,2,7-12H2,1H3. The van der Waals surface area contributed by atoms with Gasteiger partial charge >= 0.3 is 0 Å². The first-order chi connectivity index (χ1) is 12.3. The van der Waals surface area contributed by atoms with E-state index < -0.39 is 15.8 Å². The monoisotopic (exact) mass is 382 g/mol. The molecular formula is C18H23FN2O4S. The number of benzene rings is 1. The van der Waals surface area contributed by atoms with Gasteiger partial charge in [0.15, 0.2) is 9.84 Å². The largest absolute Gasteiger partial charge is 0.339 e. The summed E-state index contributed by atoms with van der Waals surface area (Å²) >= 11 is 0. The average Bonchev–Trinajstić information content (AvgIpc) is 3.13. The Hall–Kier alpha value is -1.96. The van der Waals surface area contributed by atoms with Gasteiger partial charge in [0.1, 0.15) is 5.82 Å². The summed E-state index contributed by atoms with van der Waals surface area (Å²) in [6, 6.07) is 5.65. The topological polar surface area (TPSA) is 74.8 Å². The van der Waals surface area contributed by atoms with Gasteiger partial charge in [0.05, 0.1) is 17.4 Å². The predicted molar refractivity (Wildman–Crippen MR) is 94.4 cm³/mol. The van der Waals surface area contributed by atoms with Crippen molar-refractivity contribution in [1.82, 2.24) is 9.80 Å². The fourth-order valence-corrected chi connectivity index (χ4v) is 5.48. The number of nitrogens with zero attached hydrogens (tertiary/aromatic N) is 2. The van der Waals surface area contributed by atoms with Crippen molar-refractivity contribution in [2.75, 3.05) is 24.6 Å². The third-order valence-electron chi connectivity index (χ3n) is 5.12. The van der Waals surface area contributed by atoms with E-state index in [1.165, 1.54) is 12.1 Å². The highest BCUT2D eigenvalue weighted by Gasteiger charge is 2.40. The van der Waals surface area contributed by atoms with Crippen LogP contribution in [0.2, 0.25) is 0 Å². The second kappa shape index (κ2) is 7.34. The van der Waals surface area contributed by atoms with Gasteiger partial charge in [-0.1, -0.05) is 12.1 Å². The first kappa shape index (κ1) is 18.8. The molecule has 2 heterocycles. The molecule has 2 atom stereocenters. The van der Waals surface area contributed by atoms with Crippen LogP contribution in [0, 0.1) is 11.7 Å². The molecule has 2 aliphatic heterocycles. The van der Waals surface area contributed by atoms with Crippen molar-refractivity contribution in [3.8, 4) is 0 Å². The third-order valence-corrected chi connectivity index (χ3v) is 6.87. The summed E-state index contributed by atoms with van der Waals surface area (Å²) in [5, 5.41) is 0. The number of carbonyl (C=O) groups excluding carboxylic acids is 2. The van der Waals surface area contributed by atoms with Gasteiger partial charge in [0.25, 0.3) is 0 Å². The van der Waals surface area contributed by atoms with Crippen LogP contribution < -0.4 is 0 Å². The maximum Gasteiger partial charge on any atom is 0.228 e. The summed E-state index contributed by atoms with van der Waals surface area (Å²) in [6.07, 6.45) is 0.595. The highest BCUT2D eigenvalue weighted by Crippen LogP contribution is 2.25. The van der Waals surface area contributed by atoms with Crippen LogP contribution in [-0.4, -0.2) is 60.7 Å². The molecule has 0 bridgehead atoms. The van der Waals surface area contributed by atoms with Gasteiger partial charge in [-0.15, -0.1) is 0 Å². The lowest BCUT2D eigenvalue weighted by molar-refractivity contribution is -0.137. The Morgan fingerprint density at radius 1 is 1.31 bits per heavy atom. The second-order valence-electron chi connectivity index (χ2n) is 6.98. The van der Waals surface area contributed by atoms with Crippen molar-refractivity contribution in [3.63, 3.8) is 0 Å². The molecule has 26 heavy (non-hydrogen) atoms. The van der Waals surface area contributed by atoms with Gasteiger partial charge in [-0.2, -0.15) is 0 Å². The molecule has 0 spiro atoms. The molecule has 0 N–H and O–H groups in total. The molecule has 2 unspecified atom stereocenters. The zero-order valence-electron chi connectivity index (χ0n) is 14.7. The van der Waals surface area contributed by atoms with E-state index in [1.54, 1.807) is 21.9 Å². The van der Waals surface area contributed by atoms with Gasteiger partial charge < -0.3 is 9.80 Å². The number of halogens is 1. The Morgan fingerprint density at radius 3 is 2.58 bits per heavy atom. The summed E-state index contributed by atoms with van der Waals surface area (Å²) in [6.45, 7) is 2.91. The second-order valence-corrected chi connectivity index (χ2v) is 9.21. The lowest BCUT2D eigenvalue weighted by Crippen LogP contribution is -2.44. The first-order valence-electron chi connectivity index (χ1n) is 8.82. The van der Waals surface area contributed by atoms with E-state index in [1.807, 2.05) is 6.92 Å². The third kappa shape index (κ3) is 4.06. The van der Waals surface area contributed by atoms with Crippen LogP contribution in [0.4, 0.5) is 4.39 Å². The zero-order chi connectivity index (χ0) is 18.9. The molecule has 2 aliphatic rings. The Kier molecular flexibility index (Phi) is 5.32. The number of likely N-dealkylation sites (tertiary alicyclic amines) is 1. The van der Waals surface area contributed by atoms with E-state index in [9.17, 15) is 22.4 Å². The zero-order valence-corrected chi connectivity index (χ0v) is 15.5. The van der Waals surface area contributed by atoms with E-state index in [0.29, 0.717) is 26.1 Å². The normalized spacial score (nSPS) is 24.8. The van der Waals surface area contributed by atoms with Crippen LogP contribution in [0.1, 0.15) is 25.3 Å². The number of hydrogen-bond donors (Lipinski definition) is 0. The van der Waals surface area contributed by atoms with E-state index in [4.69, 9.17) is 0 Å². The molecule has 1 aromatic carbocycles. The predicted octanol–water partition coefficient (Wildman–Crippen LogP) is 1.21. The Balaban J connectivity index is 1.65. The van der Waals surface area contributed by atoms with Crippen LogP contribution in [0.5, 0.6) is 0 Å². The van der Waals surface area contributed by atoms with E-state index in [2.05, 4.69) is 0 Å². The molecule has 6 nitrogen and oxygen atoms in total. The van der Waals surface area contributed by atoms with Crippen molar-refractivity contribution < 1.29 is 22.4 Å². The number of sulfone groups is 1. The van der Waals surface area contributed by atoms with Gasteiger partial charge in [-0.3, -0.25) is 9.59 Å². The van der Waals surface area contributed by atoms with E-state index >= 15 is 0 Å².